The summed E-state index contributed by atoms with van der Waals surface area (Å²) >= 11 is 3.52. The normalized spacial score (nSPS) is 14.2. The first kappa shape index (κ1) is 29.6. The molecule has 2 amide bonds. The van der Waals surface area contributed by atoms with Crippen LogP contribution in [0.4, 0.5) is 10.5 Å². The zero-order valence-electron chi connectivity index (χ0n) is 24.6. The number of rotatable bonds is 6. The number of nitrogens with zero attached hydrogens (tertiary/aromatic N) is 4. The van der Waals surface area contributed by atoms with Crippen molar-refractivity contribution in [2.75, 3.05) is 25.0 Å². The Labute approximate surface area is 254 Å². The molecule has 220 valence electrons. The highest BCUT2D eigenvalue weighted by atomic mass is 79.9. The third-order valence-electron chi connectivity index (χ3n) is 7.13. The molecular weight excluding hydrogens is 598 g/mol. The molecule has 1 N–H and O–H groups in total. The fourth-order valence-corrected chi connectivity index (χ4v) is 5.28. The molecule has 1 aliphatic heterocycles. The second-order valence-corrected chi connectivity index (χ2v) is 12.3. The number of piperidine rings is 1. The Morgan fingerprint density at radius 2 is 1.79 bits per heavy atom. The number of likely N-dealkylation sites (tertiary alicyclic amines) is 1. The van der Waals surface area contributed by atoms with Crippen molar-refractivity contribution in [3.05, 3.63) is 76.0 Å². The second kappa shape index (κ2) is 12.1. The van der Waals surface area contributed by atoms with Crippen LogP contribution in [0.5, 0.6) is 5.75 Å². The van der Waals surface area contributed by atoms with E-state index in [1.165, 1.54) is 0 Å². The summed E-state index contributed by atoms with van der Waals surface area (Å²) < 4.78 is 13.8. The minimum absolute atomic E-state index is 0.00934. The van der Waals surface area contributed by atoms with Gasteiger partial charge in [-0.1, -0.05) is 15.9 Å². The van der Waals surface area contributed by atoms with E-state index in [4.69, 9.17) is 19.6 Å². The molecule has 9 nitrogen and oxygen atoms in total. The topological polar surface area (TPSA) is 98.1 Å². The number of aromatic nitrogens is 3. The van der Waals surface area contributed by atoms with Gasteiger partial charge in [-0.25, -0.2) is 14.3 Å². The predicted octanol–water partition coefficient (Wildman–Crippen LogP) is 7.23. The van der Waals surface area contributed by atoms with Crippen molar-refractivity contribution in [2.24, 2.45) is 0 Å². The Morgan fingerprint density at radius 1 is 1.07 bits per heavy atom. The van der Waals surface area contributed by atoms with Crippen LogP contribution in [0, 0.1) is 6.92 Å². The van der Waals surface area contributed by atoms with E-state index in [2.05, 4.69) is 21.2 Å². The summed E-state index contributed by atoms with van der Waals surface area (Å²) in [7, 11) is 0. The molecule has 0 radical (unpaired) electrons. The molecule has 1 aliphatic rings. The van der Waals surface area contributed by atoms with Crippen LogP contribution in [-0.4, -0.2) is 56.8 Å². The van der Waals surface area contributed by atoms with Crippen molar-refractivity contribution in [3.63, 3.8) is 0 Å². The Morgan fingerprint density at radius 3 is 2.43 bits per heavy atom. The number of carbonyl (C=O) groups excluding carboxylic acids is 2. The van der Waals surface area contributed by atoms with Crippen molar-refractivity contribution in [3.8, 4) is 17.0 Å². The fraction of sp³-hybridized carbons (Fsp3) is 0.375. The molecule has 3 heterocycles. The lowest BCUT2D eigenvalue weighted by Gasteiger charge is -2.33. The van der Waals surface area contributed by atoms with Crippen LogP contribution < -0.4 is 10.1 Å². The van der Waals surface area contributed by atoms with E-state index in [9.17, 15) is 9.59 Å². The van der Waals surface area contributed by atoms with Crippen LogP contribution in [0.2, 0.25) is 0 Å². The molecule has 10 heteroatoms. The van der Waals surface area contributed by atoms with Gasteiger partial charge in [0.15, 0.2) is 5.65 Å². The van der Waals surface area contributed by atoms with E-state index in [0.717, 1.165) is 27.0 Å². The van der Waals surface area contributed by atoms with Crippen molar-refractivity contribution in [2.45, 2.75) is 59.0 Å². The molecular formula is C32H36BrN5O4. The molecule has 5 rings (SSSR count). The third kappa shape index (κ3) is 6.75. The Kier molecular flexibility index (Phi) is 8.54. The quantitative estimate of drug-likeness (QED) is 0.240. The number of anilines is 1. The summed E-state index contributed by atoms with van der Waals surface area (Å²) in [5.74, 6) is 0.531. The van der Waals surface area contributed by atoms with Gasteiger partial charge in [0.05, 0.1) is 23.6 Å². The first-order valence-corrected chi connectivity index (χ1v) is 15.0. The van der Waals surface area contributed by atoms with Gasteiger partial charge >= 0.3 is 6.09 Å². The molecule has 0 spiro atoms. The number of benzene rings is 2. The number of hydrogen-bond donors (Lipinski definition) is 1. The van der Waals surface area contributed by atoms with Gasteiger partial charge < -0.3 is 19.7 Å². The lowest BCUT2D eigenvalue weighted by molar-refractivity contribution is 0.0203. The van der Waals surface area contributed by atoms with Crippen molar-refractivity contribution >= 4 is 39.3 Å². The molecule has 1 saturated heterocycles. The maximum atomic E-state index is 13.7. The second-order valence-electron chi connectivity index (χ2n) is 11.5. The van der Waals surface area contributed by atoms with E-state index < -0.39 is 5.60 Å². The van der Waals surface area contributed by atoms with E-state index >= 15 is 0 Å². The van der Waals surface area contributed by atoms with Crippen molar-refractivity contribution in [1.82, 2.24) is 19.5 Å². The largest absolute Gasteiger partial charge is 0.494 e. The molecule has 0 bridgehead atoms. The maximum Gasteiger partial charge on any atom is 0.410 e. The number of carbonyl (C=O) groups is 2. The zero-order chi connectivity index (χ0) is 30.0. The van der Waals surface area contributed by atoms with Gasteiger partial charge in [-0.3, -0.25) is 4.79 Å². The SMILES string of the molecule is CCOc1ccc(-c2cc3nc(C4CCN(C(=O)OC(C)(C)C)CC4)c(C(=O)Nc4ccc(Br)c(C)c4)cn3n2)cc1. The molecule has 42 heavy (non-hydrogen) atoms. The summed E-state index contributed by atoms with van der Waals surface area (Å²) in [4.78, 5) is 33.1. The Balaban J connectivity index is 1.46. The molecule has 0 atom stereocenters. The number of ether oxygens (including phenoxy) is 2. The minimum Gasteiger partial charge on any atom is -0.494 e. The summed E-state index contributed by atoms with van der Waals surface area (Å²) in [6.45, 7) is 11.2. The number of hydrogen-bond acceptors (Lipinski definition) is 6. The summed E-state index contributed by atoms with van der Waals surface area (Å²) in [5, 5.41) is 7.79. The monoisotopic (exact) mass is 633 g/mol. The van der Waals surface area contributed by atoms with Gasteiger partial charge in [0.25, 0.3) is 5.91 Å². The zero-order valence-corrected chi connectivity index (χ0v) is 26.2. The van der Waals surface area contributed by atoms with Crippen LogP contribution in [-0.2, 0) is 4.74 Å². The molecule has 0 unspecified atom stereocenters. The van der Waals surface area contributed by atoms with Crippen LogP contribution in [0.1, 0.15) is 68.1 Å². The Hall–Kier alpha value is -3.92. The van der Waals surface area contributed by atoms with Gasteiger partial charge in [-0.05, 0) is 95.5 Å². The summed E-state index contributed by atoms with van der Waals surface area (Å²) in [6, 6.07) is 15.4. The van der Waals surface area contributed by atoms with Crippen LogP contribution in [0.3, 0.4) is 0 Å². The van der Waals surface area contributed by atoms with Crippen molar-refractivity contribution < 1.29 is 19.1 Å². The minimum atomic E-state index is -0.555. The van der Waals surface area contributed by atoms with Crippen LogP contribution in [0.15, 0.2) is 59.2 Å². The van der Waals surface area contributed by atoms with Crippen LogP contribution >= 0.6 is 15.9 Å². The fourth-order valence-electron chi connectivity index (χ4n) is 5.03. The lowest BCUT2D eigenvalue weighted by atomic mass is 9.90. The third-order valence-corrected chi connectivity index (χ3v) is 8.02. The number of nitrogens with one attached hydrogen (secondary N) is 1. The maximum absolute atomic E-state index is 13.7. The smallest absolute Gasteiger partial charge is 0.410 e. The average molecular weight is 635 g/mol. The van der Waals surface area contributed by atoms with Gasteiger partial charge in [0.2, 0.25) is 0 Å². The van der Waals surface area contributed by atoms with E-state index in [0.29, 0.717) is 55.1 Å². The number of amides is 2. The van der Waals surface area contributed by atoms with Gasteiger partial charge in [-0.15, -0.1) is 0 Å². The molecule has 4 aromatic rings. The summed E-state index contributed by atoms with van der Waals surface area (Å²) in [5.41, 5.74) is 4.64. The van der Waals surface area contributed by atoms with Crippen molar-refractivity contribution in [1.29, 1.82) is 0 Å². The van der Waals surface area contributed by atoms with Gasteiger partial charge in [0.1, 0.15) is 11.4 Å². The average Bonchev–Trinajstić information content (AvgIpc) is 3.37. The lowest BCUT2D eigenvalue weighted by Crippen LogP contribution is -2.41. The summed E-state index contributed by atoms with van der Waals surface area (Å²) in [6.07, 6.45) is 2.78. The molecule has 2 aromatic carbocycles. The highest BCUT2D eigenvalue weighted by Gasteiger charge is 2.31. The van der Waals surface area contributed by atoms with Crippen LogP contribution in [0.25, 0.3) is 16.9 Å². The standard InChI is InChI=1S/C32H36BrN5O4/c1-6-41-24-10-7-21(8-11-24)27-18-28-35-29(22-13-15-37(16-14-22)31(40)42-32(3,4)5)25(19-38(28)36-27)30(39)34-23-9-12-26(33)20(2)17-23/h7-12,17-19,22H,6,13-16H2,1-5H3,(H,34,39). The Bertz CT molecular complexity index is 1600. The first-order valence-electron chi connectivity index (χ1n) is 14.2. The van der Waals surface area contributed by atoms with Gasteiger partial charge in [0, 0.05) is 47.0 Å². The first-order chi connectivity index (χ1) is 20.0. The van der Waals surface area contributed by atoms with E-state index in [1.54, 1.807) is 15.6 Å². The molecule has 1 fully saturated rings. The number of aryl methyl sites for hydroxylation is 1. The van der Waals surface area contributed by atoms with E-state index in [1.807, 2.05) is 83.1 Å². The molecule has 0 saturated carbocycles. The highest BCUT2D eigenvalue weighted by Crippen LogP contribution is 2.32. The number of halogens is 1. The molecule has 2 aromatic heterocycles. The predicted molar refractivity (Wildman–Crippen MR) is 166 cm³/mol. The van der Waals surface area contributed by atoms with Gasteiger partial charge in [-0.2, -0.15) is 5.10 Å². The number of fused-ring (bicyclic) bond motifs is 1. The highest BCUT2D eigenvalue weighted by molar-refractivity contribution is 9.10. The van der Waals surface area contributed by atoms with E-state index in [-0.39, 0.29) is 17.9 Å². The molecule has 0 aliphatic carbocycles.